The van der Waals surface area contributed by atoms with Crippen LogP contribution in [0.5, 0.6) is 0 Å². The largest absolute Gasteiger partial charge is 0.386 e. The monoisotopic (exact) mass is 463 g/mol. The summed E-state index contributed by atoms with van der Waals surface area (Å²) in [5.74, 6) is 0.468. The van der Waals surface area contributed by atoms with Gasteiger partial charge in [0.1, 0.15) is 23.3 Å². The van der Waals surface area contributed by atoms with Gasteiger partial charge in [0.2, 0.25) is 0 Å². The average Bonchev–Trinajstić information content (AvgIpc) is 3.27. The van der Waals surface area contributed by atoms with E-state index in [1.54, 1.807) is 13.1 Å². The second-order valence-corrected chi connectivity index (χ2v) is 9.47. The highest BCUT2D eigenvalue weighted by atomic mass is 16.5. The van der Waals surface area contributed by atoms with Crippen molar-refractivity contribution in [2.24, 2.45) is 0 Å². The molecule has 4 bridgehead atoms. The van der Waals surface area contributed by atoms with Crippen molar-refractivity contribution < 1.29 is 9.53 Å². The molecule has 1 amide bonds. The Hall–Kier alpha value is -3.40. The van der Waals surface area contributed by atoms with Crippen LogP contribution in [0.3, 0.4) is 0 Å². The number of imidazole rings is 1. The molecular weight excluding hydrogens is 434 g/mol. The number of anilines is 3. The molecule has 1 aliphatic heterocycles. The molecule has 0 unspecified atom stereocenters. The van der Waals surface area contributed by atoms with E-state index in [0.29, 0.717) is 29.3 Å². The van der Waals surface area contributed by atoms with E-state index in [4.69, 9.17) is 4.74 Å². The van der Waals surface area contributed by atoms with Crippen LogP contribution in [0, 0.1) is 0 Å². The first-order valence-corrected chi connectivity index (χ1v) is 12.1. The maximum absolute atomic E-state index is 13.5. The summed E-state index contributed by atoms with van der Waals surface area (Å²) in [6.45, 7) is 0.378. The number of nitrogens with zero attached hydrogens (tertiary/aromatic N) is 4. The van der Waals surface area contributed by atoms with Crippen LogP contribution < -0.4 is 21.5 Å². The normalized spacial score (nSPS) is 22.9. The van der Waals surface area contributed by atoms with Crippen LogP contribution >= 0.6 is 0 Å². The number of amides is 1. The van der Waals surface area contributed by atoms with Crippen molar-refractivity contribution in [3.8, 4) is 0 Å². The fraction of sp³-hybridized carbons (Fsp3) is 0.500. The number of carbonyl (C=O) groups excluding carboxylic acids is 1. The smallest absolute Gasteiger partial charge is 0.328 e. The van der Waals surface area contributed by atoms with E-state index in [-0.39, 0.29) is 29.8 Å². The van der Waals surface area contributed by atoms with Gasteiger partial charge in [-0.25, -0.2) is 19.3 Å². The van der Waals surface area contributed by atoms with E-state index in [0.717, 1.165) is 49.8 Å². The Balaban J connectivity index is 1.49. The molecule has 3 N–H and O–H groups in total. The van der Waals surface area contributed by atoms with Crippen molar-refractivity contribution in [2.75, 3.05) is 17.7 Å². The average molecular weight is 464 g/mol. The van der Waals surface area contributed by atoms with Gasteiger partial charge in [0.05, 0.1) is 24.4 Å². The summed E-state index contributed by atoms with van der Waals surface area (Å²) in [6.07, 6.45) is 10.6. The van der Waals surface area contributed by atoms with Gasteiger partial charge in [-0.05, 0) is 37.3 Å². The Morgan fingerprint density at radius 1 is 1.12 bits per heavy atom. The first-order valence-electron chi connectivity index (χ1n) is 12.1. The number of fused-ring (bicyclic) bond motifs is 4. The van der Waals surface area contributed by atoms with Crippen LogP contribution in [0.1, 0.15) is 56.6 Å². The zero-order valence-electron chi connectivity index (χ0n) is 19.2. The molecule has 0 spiro atoms. The molecule has 3 aromatic heterocycles. The van der Waals surface area contributed by atoms with Gasteiger partial charge in [-0.15, -0.1) is 0 Å². The molecule has 6 rings (SSSR count). The standard InChI is InChI=1S/C24H29N7O3/c1-25-17-10-20-27-18-9-14(11-30(23(18)32)15-5-3-2-4-6-15)12-34-19-8-7-16(19)28-24(33)31-13-26-21(17)22(31)29-20/h9-11,13,15-16,19H,2-8,12H2,1H3,(H,28,33)(H2,25,27,29)/t16-,19-/m1/s1. The lowest BCUT2D eigenvalue weighted by atomic mass is 9.89. The molecule has 10 heteroatoms. The van der Waals surface area contributed by atoms with Crippen molar-refractivity contribution >= 4 is 34.4 Å². The number of aromatic nitrogens is 4. The van der Waals surface area contributed by atoms with E-state index >= 15 is 0 Å². The lowest BCUT2D eigenvalue weighted by Crippen LogP contribution is -2.52. The molecule has 0 saturated heterocycles. The fourth-order valence-electron chi connectivity index (χ4n) is 5.26. The minimum Gasteiger partial charge on any atom is -0.386 e. The van der Waals surface area contributed by atoms with E-state index in [9.17, 15) is 9.59 Å². The number of ether oxygens (including phenoxy) is 1. The molecule has 0 aromatic carbocycles. The maximum atomic E-state index is 13.5. The summed E-state index contributed by atoms with van der Waals surface area (Å²) in [5, 5.41) is 9.42. The lowest BCUT2D eigenvalue weighted by Gasteiger charge is -2.37. The van der Waals surface area contributed by atoms with E-state index in [1.165, 1.54) is 17.3 Å². The van der Waals surface area contributed by atoms with Crippen molar-refractivity contribution in [2.45, 2.75) is 69.7 Å². The van der Waals surface area contributed by atoms with Crippen LogP contribution in [0.15, 0.2) is 29.5 Å². The number of nitrogens with one attached hydrogen (secondary N) is 3. The number of carbonyl (C=O) groups is 1. The molecule has 3 aliphatic rings. The topological polar surface area (TPSA) is 115 Å². The third-order valence-corrected chi connectivity index (χ3v) is 7.31. The Morgan fingerprint density at radius 3 is 2.74 bits per heavy atom. The van der Waals surface area contributed by atoms with Gasteiger partial charge in [0.25, 0.3) is 5.56 Å². The molecule has 2 fully saturated rings. The summed E-state index contributed by atoms with van der Waals surface area (Å²) < 4.78 is 9.49. The van der Waals surface area contributed by atoms with Crippen LogP contribution in [-0.4, -0.2) is 44.3 Å². The second-order valence-electron chi connectivity index (χ2n) is 9.47. The highest BCUT2D eigenvalue weighted by Gasteiger charge is 2.34. The molecule has 10 nitrogen and oxygen atoms in total. The summed E-state index contributed by atoms with van der Waals surface area (Å²) in [7, 11) is 1.79. The zero-order valence-corrected chi connectivity index (χ0v) is 19.2. The van der Waals surface area contributed by atoms with Crippen LogP contribution in [-0.2, 0) is 11.3 Å². The molecule has 2 atom stereocenters. The fourth-order valence-corrected chi connectivity index (χ4v) is 5.26. The SMILES string of the molecule is CNc1cc2nc3c1ncn3C(=O)N[C@@H]1CC[C@H]1OCc1cc(c(=O)n(C3CCCCC3)c1)N2. The first-order chi connectivity index (χ1) is 16.6. The number of rotatable bonds is 2. The third-order valence-electron chi connectivity index (χ3n) is 7.31. The quantitative estimate of drug-likeness (QED) is 0.533. The van der Waals surface area contributed by atoms with E-state index < -0.39 is 0 Å². The van der Waals surface area contributed by atoms with Crippen LogP contribution in [0.25, 0.3) is 11.2 Å². The molecule has 4 heterocycles. The first kappa shape index (κ1) is 21.2. The number of hydrogen-bond acceptors (Lipinski definition) is 7. The molecule has 2 saturated carbocycles. The van der Waals surface area contributed by atoms with Gasteiger partial charge in [-0.3, -0.25) is 4.79 Å². The van der Waals surface area contributed by atoms with Crippen molar-refractivity contribution in [3.05, 3.63) is 40.6 Å². The summed E-state index contributed by atoms with van der Waals surface area (Å²) in [6, 6.07) is 3.51. The summed E-state index contributed by atoms with van der Waals surface area (Å²) in [5.41, 5.74) is 3.05. The molecular formula is C24H29N7O3. The second kappa shape index (κ2) is 8.43. The van der Waals surface area contributed by atoms with Crippen molar-refractivity contribution in [1.29, 1.82) is 0 Å². The van der Waals surface area contributed by atoms with Crippen molar-refractivity contribution in [3.63, 3.8) is 0 Å². The molecule has 34 heavy (non-hydrogen) atoms. The molecule has 0 radical (unpaired) electrons. The Morgan fingerprint density at radius 2 is 1.97 bits per heavy atom. The van der Waals surface area contributed by atoms with E-state index in [1.807, 2.05) is 16.8 Å². The molecule has 178 valence electrons. The molecule has 2 aliphatic carbocycles. The lowest BCUT2D eigenvalue weighted by molar-refractivity contribution is -0.0325. The van der Waals surface area contributed by atoms with Gasteiger partial charge in [-0.1, -0.05) is 19.3 Å². The minimum absolute atomic E-state index is 0.0652. The Labute approximate surface area is 196 Å². The van der Waals surface area contributed by atoms with Crippen LogP contribution in [0.4, 0.5) is 22.0 Å². The minimum atomic E-state index is -0.289. The number of hydrogen-bond donors (Lipinski definition) is 3. The number of pyridine rings is 2. The van der Waals surface area contributed by atoms with Gasteiger partial charge < -0.3 is 25.3 Å². The predicted octanol–water partition coefficient (Wildman–Crippen LogP) is 3.50. The highest BCUT2D eigenvalue weighted by Crippen LogP contribution is 2.31. The third kappa shape index (κ3) is 3.62. The summed E-state index contributed by atoms with van der Waals surface area (Å²) in [4.78, 5) is 35.6. The van der Waals surface area contributed by atoms with Gasteiger partial charge in [0, 0.05) is 25.4 Å². The summed E-state index contributed by atoms with van der Waals surface area (Å²) >= 11 is 0. The van der Waals surface area contributed by atoms with E-state index in [2.05, 4.69) is 25.9 Å². The Bertz CT molecular complexity index is 1310. The zero-order chi connectivity index (χ0) is 23.2. The van der Waals surface area contributed by atoms with Gasteiger partial charge in [0.15, 0.2) is 5.65 Å². The highest BCUT2D eigenvalue weighted by molar-refractivity contribution is 5.94. The predicted molar refractivity (Wildman–Crippen MR) is 129 cm³/mol. The Kier molecular flexibility index (Phi) is 5.24. The van der Waals surface area contributed by atoms with Gasteiger partial charge in [-0.2, -0.15) is 0 Å². The van der Waals surface area contributed by atoms with Crippen molar-refractivity contribution in [1.82, 2.24) is 24.4 Å². The van der Waals surface area contributed by atoms with Gasteiger partial charge >= 0.3 is 6.03 Å². The van der Waals surface area contributed by atoms with Crippen LogP contribution in [0.2, 0.25) is 0 Å². The molecule has 3 aromatic rings. The maximum Gasteiger partial charge on any atom is 0.328 e.